The zero-order chi connectivity index (χ0) is 13.9. The van der Waals surface area contributed by atoms with Crippen molar-refractivity contribution < 1.29 is 5.11 Å². The van der Waals surface area contributed by atoms with Gasteiger partial charge in [-0.2, -0.15) is 0 Å². The molecular formula is C17H20N2O. The lowest BCUT2D eigenvalue weighted by Gasteiger charge is -2.33. The molecule has 3 heteroatoms. The summed E-state index contributed by atoms with van der Waals surface area (Å²) in [4.78, 5) is 2.45. The van der Waals surface area contributed by atoms with E-state index in [-0.39, 0.29) is 6.04 Å². The van der Waals surface area contributed by atoms with Gasteiger partial charge in [0.25, 0.3) is 0 Å². The van der Waals surface area contributed by atoms with Crippen molar-refractivity contribution in [1.29, 1.82) is 0 Å². The monoisotopic (exact) mass is 268 g/mol. The highest BCUT2D eigenvalue weighted by Crippen LogP contribution is 2.27. The maximum absolute atomic E-state index is 9.53. The van der Waals surface area contributed by atoms with Gasteiger partial charge in [-0.1, -0.05) is 24.3 Å². The molecule has 1 aliphatic rings. The van der Waals surface area contributed by atoms with Crippen LogP contribution in [-0.4, -0.2) is 36.2 Å². The van der Waals surface area contributed by atoms with Crippen LogP contribution in [-0.2, 0) is 0 Å². The van der Waals surface area contributed by atoms with Crippen LogP contribution in [0.5, 0.6) is 5.75 Å². The molecule has 3 rings (SSSR count). The van der Waals surface area contributed by atoms with Crippen LogP contribution < -0.4 is 5.32 Å². The summed E-state index contributed by atoms with van der Waals surface area (Å²) in [5.41, 5.74) is 1.26. The molecule has 0 bridgehead atoms. The molecule has 0 aromatic heterocycles. The van der Waals surface area contributed by atoms with Crippen molar-refractivity contribution in [2.24, 2.45) is 0 Å². The first-order valence-corrected chi connectivity index (χ1v) is 7.08. The van der Waals surface area contributed by atoms with Gasteiger partial charge in [0.05, 0.1) is 6.04 Å². The van der Waals surface area contributed by atoms with Gasteiger partial charge >= 0.3 is 0 Å². The smallest absolute Gasteiger partial charge is 0.116 e. The minimum atomic E-state index is 0.260. The summed E-state index contributed by atoms with van der Waals surface area (Å²) < 4.78 is 0. The summed E-state index contributed by atoms with van der Waals surface area (Å²) in [5.74, 6) is 0.313. The van der Waals surface area contributed by atoms with Crippen LogP contribution in [0, 0.1) is 0 Å². The third-order valence-electron chi connectivity index (χ3n) is 3.96. The molecule has 0 radical (unpaired) electrons. The molecule has 0 saturated carbocycles. The predicted octanol–water partition coefficient (Wildman–Crippen LogP) is 2.68. The fourth-order valence-corrected chi connectivity index (χ4v) is 2.89. The van der Waals surface area contributed by atoms with Crippen LogP contribution in [0.4, 0.5) is 0 Å². The SMILES string of the molecule is C=C[C@@H](c1ccc2cc(O)ccc2c1)N1CCNCC1. The fraction of sp³-hybridized carbons (Fsp3) is 0.294. The van der Waals surface area contributed by atoms with Crippen molar-refractivity contribution in [2.75, 3.05) is 26.2 Å². The van der Waals surface area contributed by atoms with Crippen LogP contribution in [0.25, 0.3) is 10.8 Å². The first-order valence-electron chi connectivity index (χ1n) is 7.08. The van der Waals surface area contributed by atoms with Crippen molar-refractivity contribution in [2.45, 2.75) is 6.04 Å². The van der Waals surface area contributed by atoms with Gasteiger partial charge in [0.2, 0.25) is 0 Å². The van der Waals surface area contributed by atoms with Crippen molar-refractivity contribution in [1.82, 2.24) is 10.2 Å². The molecule has 0 aliphatic carbocycles. The lowest BCUT2D eigenvalue weighted by atomic mass is 10.00. The molecule has 1 saturated heterocycles. The number of hydrogen-bond donors (Lipinski definition) is 2. The van der Waals surface area contributed by atoms with Crippen LogP contribution in [0.3, 0.4) is 0 Å². The average molecular weight is 268 g/mol. The summed E-state index contributed by atoms with van der Waals surface area (Å²) in [6.45, 7) is 8.16. The number of phenolic OH excluding ortho intramolecular Hbond substituents is 1. The van der Waals surface area contributed by atoms with Crippen molar-refractivity contribution in [3.05, 3.63) is 54.6 Å². The van der Waals surface area contributed by atoms with E-state index in [0.717, 1.165) is 37.0 Å². The Hall–Kier alpha value is -1.84. The average Bonchev–Trinajstić information content (AvgIpc) is 2.49. The van der Waals surface area contributed by atoms with Crippen LogP contribution >= 0.6 is 0 Å². The van der Waals surface area contributed by atoms with Gasteiger partial charge in [-0.25, -0.2) is 0 Å². The molecule has 0 spiro atoms. The molecule has 1 atom stereocenters. The Labute approximate surface area is 119 Å². The Morgan fingerprint density at radius 2 is 1.80 bits per heavy atom. The zero-order valence-electron chi connectivity index (χ0n) is 11.5. The van der Waals surface area contributed by atoms with E-state index in [0.29, 0.717) is 5.75 Å². The molecule has 3 nitrogen and oxygen atoms in total. The summed E-state index contributed by atoms with van der Waals surface area (Å²) in [7, 11) is 0. The molecule has 0 unspecified atom stereocenters. The van der Waals surface area contributed by atoms with E-state index in [1.165, 1.54) is 5.56 Å². The number of rotatable bonds is 3. The Morgan fingerprint density at radius 1 is 1.10 bits per heavy atom. The largest absolute Gasteiger partial charge is 0.508 e. The summed E-state index contributed by atoms with van der Waals surface area (Å²) >= 11 is 0. The molecule has 1 aliphatic heterocycles. The fourth-order valence-electron chi connectivity index (χ4n) is 2.89. The number of nitrogens with zero attached hydrogens (tertiary/aromatic N) is 1. The third-order valence-corrected chi connectivity index (χ3v) is 3.96. The lowest BCUT2D eigenvalue weighted by molar-refractivity contribution is 0.203. The molecule has 0 amide bonds. The Morgan fingerprint density at radius 3 is 2.55 bits per heavy atom. The van der Waals surface area contributed by atoms with Crippen LogP contribution in [0.15, 0.2) is 49.1 Å². The van der Waals surface area contributed by atoms with Gasteiger partial charge in [-0.05, 0) is 34.5 Å². The van der Waals surface area contributed by atoms with E-state index >= 15 is 0 Å². The van der Waals surface area contributed by atoms with Gasteiger partial charge in [-0.15, -0.1) is 6.58 Å². The topological polar surface area (TPSA) is 35.5 Å². The van der Waals surface area contributed by atoms with Crippen molar-refractivity contribution >= 4 is 10.8 Å². The molecule has 1 heterocycles. The quantitative estimate of drug-likeness (QED) is 0.840. The second kappa shape index (κ2) is 5.65. The van der Waals surface area contributed by atoms with E-state index in [4.69, 9.17) is 0 Å². The van der Waals surface area contributed by atoms with Gasteiger partial charge in [0.1, 0.15) is 5.75 Å². The number of hydrogen-bond acceptors (Lipinski definition) is 3. The van der Waals surface area contributed by atoms with E-state index < -0.39 is 0 Å². The minimum absolute atomic E-state index is 0.260. The van der Waals surface area contributed by atoms with Crippen LogP contribution in [0.2, 0.25) is 0 Å². The molecule has 2 aromatic rings. The summed E-state index contributed by atoms with van der Waals surface area (Å²) in [6.07, 6.45) is 2.02. The number of benzene rings is 2. The molecule has 20 heavy (non-hydrogen) atoms. The number of aromatic hydroxyl groups is 1. The molecule has 2 aromatic carbocycles. The van der Waals surface area contributed by atoms with Crippen molar-refractivity contribution in [3.63, 3.8) is 0 Å². The van der Waals surface area contributed by atoms with Gasteiger partial charge < -0.3 is 10.4 Å². The van der Waals surface area contributed by atoms with E-state index in [1.54, 1.807) is 12.1 Å². The Bertz CT molecular complexity index is 617. The van der Waals surface area contributed by atoms with E-state index in [1.807, 2.05) is 12.1 Å². The zero-order valence-corrected chi connectivity index (χ0v) is 11.5. The third kappa shape index (κ3) is 2.55. The highest BCUT2D eigenvalue weighted by Gasteiger charge is 2.19. The first kappa shape index (κ1) is 13.2. The maximum Gasteiger partial charge on any atom is 0.116 e. The minimum Gasteiger partial charge on any atom is -0.508 e. The van der Waals surface area contributed by atoms with Gasteiger partial charge in [0.15, 0.2) is 0 Å². The lowest BCUT2D eigenvalue weighted by Crippen LogP contribution is -2.44. The Kier molecular flexibility index (Phi) is 3.72. The summed E-state index contributed by atoms with van der Waals surface area (Å²) in [5, 5.41) is 15.1. The second-order valence-electron chi connectivity index (χ2n) is 5.26. The number of fused-ring (bicyclic) bond motifs is 1. The van der Waals surface area contributed by atoms with Crippen molar-refractivity contribution in [3.8, 4) is 5.75 Å². The molecular weight excluding hydrogens is 248 g/mol. The van der Waals surface area contributed by atoms with Gasteiger partial charge in [0, 0.05) is 26.2 Å². The molecule has 2 N–H and O–H groups in total. The van der Waals surface area contributed by atoms with E-state index in [9.17, 15) is 5.11 Å². The Balaban J connectivity index is 1.94. The highest BCUT2D eigenvalue weighted by molar-refractivity contribution is 5.84. The summed E-state index contributed by atoms with van der Waals surface area (Å²) in [6, 6.07) is 12.2. The van der Waals surface area contributed by atoms with Crippen LogP contribution in [0.1, 0.15) is 11.6 Å². The normalized spacial score (nSPS) is 18.0. The second-order valence-corrected chi connectivity index (χ2v) is 5.26. The van der Waals surface area contributed by atoms with Gasteiger partial charge in [-0.3, -0.25) is 4.90 Å². The molecule has 104 valence electrons. The highest BCUT2D eigenvalue weighted by atomic mass is 16.3. The van der Waals surface area contributed by atoms with E-state index in [2.05, 4.69) is 35.0 Å². The standard InChI is InChI=1S/C17H20N2O/c1-2-17(19-9-7-18-8-10-19)15-4-3-14-12-16(20)6-5-13(14)11-15/h2-6,11-12,17-18,20H,1,7-10H2/t17-/m0/s1. The number of piperazine rings is 1. The number of phenols is 1. The first-order chi connectivity index (χ1) is 9.78. The maximum atomic E-state index is 9.53. The molecule has 1 fully saturated rings. The predicted molar refractivity (Wildman–Crippen MR) is 83.0 cm³/mol. The number of nitrogens with one attached hydrogen (secondary N) is 1.